The van der Waals surface area contributed by atoms with Gasteiger partial charge in [0.25, 0.3) is 0 Å². The summed E-state index contributed by atoms with van der Waals surface area (Å²) in [4.78, 5) is 19.8. The smallest absolute Gasteiger partial charge is 0.244 e. The van der Waals surface area contributed by atoms with Crippen LogP contribution in [0.3, 0.4) is 0 Å². The highest BCUT2D eigenvalue weighted by Crippen LogP contribution is 2.25. The van der Waals surface area contributed by atoms with Gasteiger partial charge in [-0.15, -0.1) is 5.10 Å². The molecule has 6 nitrogen and oxygen atoms in total. The predicted octanol–water partition coefficient (Wildman–Crippen LogP) is 2.49. The first-order valence-corrected chi connectivity index (χ1v) is 9.87. The van der Waals surface area contributed by atoms with Gasteiger partial charge in [0.1, 0.15) is 0 Å². The summed E-state index contributed by atoms with van der Waals surface area (Å²) in [6.07, 6.45) is 4.74. The molecule has 3 heterocycles. The number of amides is 1. The van der Waals surface area contributed by atoms with Crippen LogP contribution in [0, 0.1) is 6.92 Å². The second-order valence-electron chi connectivity index (χ2n) is 7.44. The highest BCUT2D eigenvalue weighted by atomic mass is 16.2. The fourth-order valence-electron chi connectivity index (χ4n) is 4.12. The van der Waals surface area contributed by atoms with Crippen molar-refractivity contribution in [3.8, 4) is 0 Å². The van der Waals surface area contributed by atoms with Gasteiger partial charge in [-0.3, -0.25) is 9.69 Å². The van der Waals surface area contributed by atoms with E-state index in [1.165, 1.54) is 5.56 Å². The molecule has 1 aromatic carbocycles. The molecule has 0 N–H and O–H groups in total. The van der Waals surface area contributed by atoms with Crippen molar-refractivity contribution in [2.45, 2.75) is 32.2 Å². The summed E-state index contributed by atoms with van der Waals surface area (Å²) >= 11 is 0. The van der Waals surface area contributed by atoms with Crippen molar-refractivity contribution < 1.29 is 4.79 Å². The maximum atomic E-state index is 13.2. The molecule has 0 spiro atoms. The molecule has 2 saturated heterocycles. The molecule has 2 fully saturated rings. The molecule has 1 atom stereocenters. The first-order valence-electron chi connectivity index (χ1n) is 9.87. The number of hydrogen-bond donors (Lipinski definition) is 0. The molecule has 6 heteroatoms. The maximum Gasteiger partial charge on any atom is 0.244 e. The van der Waals surface area contributed by atoms with E-state index in [9.17, 15) is 4.79 Å². The van der Waals surface area contributed by atoms with E-state index in [4.69, 9.17) is 0 Å². The van der Waals surface area contributed by atoms with E-state index in [0.29, 0.717) is 0 Å². The number of benzene rings is 1. The van der Waals surface area contributed by atoms with Crippen molar-refractivity contribution in [1.82, 2.24) is 15.1 Å². The molecule has 0 aliphatic carbocycles. The topological polar surface area (TPSA) is 52.6 Å². The van der Waals surface area contributed by atoms with Gasteiger partial charge in [-0.1, -0.05) is 17.7 Å². The lowest BCUT2D eigenvalue weighted by Crippen LogP contribution is -2.53. The third-order valence-corrected chi connectivity index (χ3v) is 5.61. The third kappa shape index (κ3) is 3.95. The van der Waals surface area contributed by atoms with Crippen LogP contribution in [-0.2, 0) is 4.79 Å². The van der Waals surface area contributed by atoms with E-state index < -0.39 is 0 Å². The summed E-state index contributed by atoms with van der Waals surface area (Å²) in [5.41, 5.74) is 2.24. The van der Waals surface area contributed by atoms with Crippen molar-refractivity contribution in [3.05, 3.63) is 48.2 Å². The van der Waals surface area contributed by atoms with Gasteiger partial charge in [0.05, 0.1) is 6.04 Å². The van der Waals surface area contributed by atoms with Crippen LogP contribution in [0.2, 0.25) is 0 Å². The van der Waals surface area contributed by atoms with Gasteiger partial charge >= 0.3 is 0 Å². The van der Waals surface area contributed by atoms with Crippen LogP contribution in [0.15, 0.2) is 42.6 Å². The second kappa shape index (κ2) is 8.05. The van der Waals surface area contributed by atoms with Crippen molar-refractivity contribution in [3.63, 3.8) is 0 Å². The minimum Gasteiger partial charge on any atom is -0.354 e. The minimum atomic E-state index is -0.0122. The van der Waals surface area contributed by atoms with Gasteiger partial charge in [0.2, 0.25) is 5.91 Å². The van der Waals surface area contributed by atoms with Crippen LogP contribution in [0.4, 0.5) is 11.5 Å². The Labute approximate surface area is 160 Å². The maximum absolute atomic E-state index is 13.2. The molecule has 1 aromatic heterocycles. The van der Waals surface area contributed by atoms with Crippen LogP contribution in [0.5, 0.6) is 0 Å². The van der Waals surface area contributed by atoms with Gasteiger partial charge in [0.15, 0.2) is 5.82 Å². The Morgan fingerprint density at radius 2 is 1.81 bits per heavy atom. The number of piperidine rings is 1. The first-order chi connectivity index (χ1) is 13.2. The Balaban J connectivity index is 1.44. The van der Waals surface area contributed by atoms with Gasteiger partial charge in [-0.25, -0.2) is 0 Å². The average molecular weight is 365 g/mol. The number of rotatable bonds is 3. The average Bonchev–Trinajstić information content (AvgIpc) is 2.96. The summed E-state index contributed by atoms with van der Waals surface area (Å²) in [5, 5.41) is 8.23. The quantitative estimate of drug-likeness (QED) is 0.836. The minimum absolute atomic E-state index is 0.0122. The molecule has 0 saturated carbocycles. The third-order valence-electron chi connectivity index (χ3n) is 5.61. The zero-order chi connectivity index (χ0) is 18.6. The van der Waals surface area contributed by atoms with Crippen molar-refractivity contribution in [1.29, 1.82) is 0 Å². The fraction of sp³-hybridized carbons (Fsp3) is 0.476. The van der Waals surface area contributed by atoms with Crippen LogP contribution in [-0.4, -0.2) is 59.8 Å². The fourth-order valence-corrected chi connectivity index (χ4v) is 4.12. The molecule has 1 unspecified atom stereocenters. The summed E-state index contributed by atoms with van der Waals surface area (Å²) in [6.45, 7) is 6.57. The molecule has 2 aromatic rings. The van der Waals surface area contributed by atoms with Gasteiger partial charge in [-0.2, -0.15) is 5.10 Å². The van der Waals surface area contributed by atoms with E-state index in [-0.39, 0.29) is 11.9 Å². The van der Waals surface area contributed by atoms with E-state index in [2.05, 4.69) is 51.2 Å². The summed E-state index contributed by atoms with van der Waals surface area (Å²) in [6, 6.07) is 12.2. The molecule has 2 aliphatic rings. The highest BCUT2D eigenvalue weighted by Gasteiger charge is 2.34. The molecule has 0 bridgehead atoms. The Kier molecular flexibility index (Phi) is 5.34. The molecule has 4 rings (SSSR count). The van der Waals surface area contributed by atoms with Crippen molar-refractivity contribution in [2.75, 3.05) is 42.5 Å². The lowest BCUT2D eigenvalue weighted by molar-refractivity contribution is -0.125. The monoisotopic (exact) mass is 365 g/mol. The zero-order valence-corrected chi connectivity index (χ0v) is 15.9. The normalized spacial score (nSPS) is 22.0. The van der Waals surface area contributed by atoms with Crippen LogP contribution >= 0.6 is 0 Å². The highest BCUT2D eigenvalue weighted by molar-refractivity contribution is 5.97. The summed E-state index contributed by atoms with van der Waals surface area (Å²) in [7, 11) is 0. The Morgan fingerprint density at radius 1 is 0.963 bits per heavy atom. The van der Waals surface area contributed by atoms with Crippen LogP contribution in [0.1, 0.15) is 24.8 Å². The molecule has 142 valence electrons. The van der Waals surface area contributed by atoms with E-state index in [1.54, 1.807) is 6.20 Å². The molecule has 0 radical (unpaired) electrons. The van der Waals surface area contributed by atoms with E-state index >= 15 is 0 Å². The summed E-state index contributed by atoms with van der Waals surface area (Å²) in [5.74, 6) is 1.17. The van der Waals surface area contributed by atoms with Crippen LogP contribution in [0.25, 0.3) is 0 Å². The van der Waals surface area contributed by atoms with Crippen LogP contribution < -0.4 is 9.80 Å². The second-order valence-corrected chi connectivity index (χ2v) is 7.44. The number of carbonyl (C=O) groups is 1. The number of nitrogens with zero attached hydrogens (tertiary/aromatic N) is 5. The Bertz CT molecular complexity index is 764. The molecule has 2 aliphatic heterocycles. The predicted molar refractivity (Wildman–Crippen MR) is 107 cm³/mol. The first kappa shape index (κ1) is 17.9. The molecule has 1 amide bonds. The lowest BCUT2D eigenvalue weighted by atomic mass is 10.0. The Morgan fingerprint density at radius 3 is 2.59 bits per heavy atom. The van der Waals surface area contributed by atoms with Gasteiger partial charge < -0.3 is 9.80 Å². The lowest BCUT2D eigenvalue weighted by Gasteiger charge is -2.38. The van der Waals surface area contributed by atoms with E-state index in [1.807, 2.05) is 17.0 Å². The number of carbonyl (C=O) groups excluding carboxylic acids is 1. The zero-order valence-electron chi connectivity index (χ0n) is 15.9. The number of aryl methyl sites for hydroxylation is 1. The van der Waals surface area contributed by atoms with E-state index in [0.717, 1.165) is 63.5 Å². The number of anilines is 2. The van der Waals surface area contributed by atoms with Crippen molar-refractivity contribution >= 4 is 17.4 Å². The number of aromatic nitrogens is 2. The standard InChI is InChI=1S/C21H27N5O/c1-17-7-9-18(10-8-17)26-14-3-5-19(21(26)27)24-12-4-13-25(16-15-24)20-6-2-11-22-23-20/h2,6-11,19H,3-5,12-16H2,1H3. The molecular weight excluding hydrogens is 338 g/mol. The summed E-state index contributed by atoms with van der Waals surface area (Å²) < 4.78 is 0. The SMILES string of the molecule is Cc1ccc(N2CCCC(N3CCCN(c4cccnn4)CC3)C2=O)cc1. The van der Waals surface area contributed by atoms with Crippen molar-refractivity contribution in [2.24, 2.45) is 0 Å². The van der Waals surface area contributed by atoms with Gasteiger partial charge in [0, 0.05) is 44.6 Å². The largest absolute Gasteiger partial charge is 0.354 e. The molecular formula is C21H27N5O. The molecule has 27 heavy (non-hydrogen) atoms. The Hall–Kier alpha value is -2.47. The van der Waals surface area contributed by atoms with Gasteiger partial charge in [-0.05, 0) is 50.5 Å². The number of hydrogen-bond acceptors (Lipinski definition) is 5.